The van der Waals surface area contributed by atoms with E-state index >= 15 is 0 Å². The molecule has 5 aromatic carbocycles. The number of hydrogen-bond acceptors (Lipinski definition) is 3. The van der Waals surface area contributed by atoms with Gasteiger partial charge in [-0.05, 0) is 64.4 Å². The molecule has 0 fully saturated rings. The minimum absolute atomic E-state index is 0.666. The summed E-state index contributed by atoms with van der Waals surface area (Å²) in [6.07, 6.45) is 6.43. The molecular weight excluding hydrogens is 510 g/mol. The number of allylic oxidation sites excluding steroid dienone is 4. The minimum atomic E-state index is 0.666. The van der Waals surface area contributed by atoms with Crippen LogP contribution in [0.15, 0.2) is 152 Å². The second-order valence-electron chi connectivity index (χ2n) is 10.4. The van der Waals surface area contributed by atoms with Crippen molar-refractivity contribution in [3.05, 3.63) is 163 Å². The van der Waals surface area contributed by atoms with Gasteiger partial charge in [0.1, 0.15) is 0 Å². The number of benzene rings is 5. The molecule has 0 amide bonds. The second kappa shape index (κ2) is 11.6. The van der Waals surface area contributed by atoms with Crippen LogP contribution in [0.1, 0.15) is 24.2 Å². The van der Waals surface area contributed by atoms with Crippen LogP contribution in [0.4, 0.5) is 0 Å². The SMILES string of the molecule is C1=C(c2ccccc2)CCC=C1c1nc(-c2cccc(-c3ccccc3)c2)nc(-c2cccc(-c3ccccc3)c2)n1. The molecule has 0 bridgehead atoms. The molecule has 1 heterocycles. The van der Waals surface area contributed by atoms with Crippen molar-refractivity contribution in [2.45, 2.75) is 12.8 Å². The van der Waals surface area contributed by atoms with Gasteiger partial charge >= 0.3 is 0 Å². The van der Waals surface area contributed by atoms with Crippen LogP contribution < -0.4 is 0 Å². The first-order valence-corrected chi connectivity index (χ1v) is 14.3. The second-order valence-corrected chi connectivity index (χ2v) is 10.4. The summed E-state index contributed by atoms with van der Waals surface area (Å²) in [5.74, 6) is 2.02. The van der Waals surface area contributed by atoms with E-state index in [1.807, 2.05) is 12.1 Å². The van der Waals surface area contributed by atoms with Crippen LogP contribution in [-0.4, -0.2) is 15.0 Å². The van der Waals surface area contributed by atoms with Gasteiger partial charge in [-0.1, -0.05) is 133 Å². The zero-order valence-electron chi connectivity index (χ0n) is 23.2. The van der Waals surface area contributed by atoms with E-state index in [0.29, 0.717) is 17.5 Å². The van der Waals surface area contributed by atoms with Gasteiger partial charge in [0.25, 0.3) is 0 Å². The highest BCUT2D eigenvalue weighted by Crippen LogP contribution is 2.33. The Kier molecular flexibility index (Phi) is 7.06. The zero-order chi connectivity index (χ0) is 28.1. The lowest BCUT2D eigenvalue weighted by Crippen LogP contribution is -2.04. The molecule has 0 unspecified atom stereocenters. The van der Waals surface area contributed by atoms with E-state index in [9.17, 15) is 0 Å². The van der Waals surface area contributed by atoms with Gasteiger partial charge in [0.15, 0.2) is 17.5 Å². The van der Waals surface area contributed by atoms with Crippen LogP contribution in [0, 0.1) is 0 Å². The number of hydrogen-bond donors (Lipinski definition) is 0. The summed E-state index contributed by atoms with van der Waals surface area (Å²) in [6, 6.07) is 48.3. The Bertz CT molecular complexity index is 1810. The molecule has 0 atom stereocenters. The standard InChI is InChI=1S/C39H29N3/c1-4-13-28(14-5-1)31-19-10-22-34(25-31)37-40-38(35-23-11-20-32(26-35)29-15-6-2-7-16-29)42-39(41-37)36-24-12-21-33(27-36)30-17-8-3-9-18-30/h1-11,13-20,22-27H,12,21H2. The normalized spacial score (nSPS) is 12.9. The fourth-order valence-electron chi connectivity index (χ4n) is 5.44. The summed E-state index contributed by atoms with van der Waals surface area (Å²) in [6.45, 7) is 0. The van der Waals surface area contributed by atoms with E-state index < -0.39 is 0 Å². The first-order chi connectivity index (χ1) is 20.8. The number of aromatic nitrogens is 3. The van der Waals surface area contributed by atoms with Crippen LogP contribution in [0.25, 0.3) is 56.2 Å². The Morgan fingerprint density at radius 3 is 1.33 bits per heavy atom. The van der Waals surface area contributed by atoms with Crippen molar-refractivity contribution in [3.8, 4) is 45.0 Å². The lowest BCUT2D eigenvalue weighted by atomic mass is 9.93. The van der Waals surface area contributed by atoms with E-state index in [2.05, 4.69) is 140 Å². The Labute approximate surface area is 246 Å². The molecule has 1 aromatic heterocycles. The molecule has 7 rings (SSSR count). The predicted molar refractivity (Wildman–Crippen MR) is 173 cm³/mol. The van der Waals surface area contributed by atoms with Gasteiger partial charge in [0.05, 0.1) is 0 Å². The highest BCUT2D eigenvalue weighted by atomic mass is 15.0. The van der Waals surface area contributed by atoms with E-state index in [4.69, 9.17) is 15.0 Å². The molecule has 0 saturated carbocycles. The quantitative estimate of drug-likeness (QED) is 0.211. The maximum atomic E-state index is 5.06. The molecule has 0 radical (unpaired) electrons. The largest absolute Gasteiger partial charge is 0.208 e. The van der Waals surface area contributed by atoms with Gasteiger partial charge in [-0.15, -0.1) is 0 Å². The van der Waals surface area contributed by atoms with Crippen molar-refractivity contribution in [1.29, 1.82) is 0 Å². The Morgan fingerprint density at radius 1 is 0.381 bits per heavy atom. The molecule has 0 saturated heterocycles. The van der Waals surface area contributed by atoms with E-state index in [1.54, 1.807) is 0 Å². The monoisotopic (exact) mass is 539 g/mol. The topological polar surface area (TPSA) is 38.7 Å². The highest BCUT2D eigenvalue weighted by molar-refractivity contribution is 5.85. The smallest absolute Gasteiger partial charge is 0.164 e. The van der Waals surface area contributed by atoms with Gasteiger partial charge in [-0.2, -0.15) is 0 Å². The van der Waals surface area contributed by atoms with E-state index in [1.165, 1.54) is 11.1 Å². The summed E-state index contributed by atoms with van der Waals surface area (Å²) in [5, 5.41) is 0. The third kappa shape index (κ3) is 5.45. The molecule has 1 aliphatic rings. The average molecular weight is 540 g/mol. The van der Waals surface area contributed by atoms with E-state index in [0.717, 1.165) is 51.8 Å². The molecule has 6 aromatic rings. The van der Waals surface area contributed by atoms with Gasteiger partial charge < -0.3 is 0 Å². The summed E-state index contributed by atoms with van der Waals surface area (Å²) in [7, 11) is 0. The summed E-state index contributed by atoms with van der Waals surface area (Å²) in [5.41, 5.74) is 10.1. The van der Waals surface area contributed by atoms with E-state index in [-0.39, 0.29) is 0 Å². The van der Waals surface area contributed by atoms with Gasteiger partial charge in [-0.3, -0.25) is 0 Å². The van der Waals surface area contributed by atoms with Crippen molar-refractivity contribution in [2.24, 2.45) is 0 Å². The fourth-order valence-corrected chi connectivity index (χ4v) is 5.44. The summed E-state index contributed by atoms with van der Waals surface area (Å²) < 4.78 is 0. The predicted octanol–water partition coefficient (Wildman–Crippen LogP) is 9.80. The van der Waals surface area contributed by atoms with Gasteiger partial charge in [-0.25, -0.2) is 15.0 Å². The van der Waals surface area contributed by atoms with Crippen LogP contribution in [-0.2, 0) is 0 Å². The van der Waals surface area contributed by atoms with Gasteiger partial charge in [0, 0.05) is 16.7 Å². The number of rotatable bonds is 6. The van der Waals surface area contributed by atoms with Crippen molar-refractivity contribution < 1.29 is 0 Å². The summed E-state index contributed by atoms with van der Waals surface area (Å²) >= 11 is 0. The maximum absolute atomic E-state index is 5.06. The highest BCUT2D eigenvalue weighted by Gasteiger charge is 2.17. The lowest BCUT2D eigenvalue weighted by molar-refractivity contribution is 1.01. The molecule has 0 spiro atoms. The van der Waals surface area contributed by atoms with Crippen molar-refractivity contribution in [2.75, 3.05) is 0 Å². The zero-order valence-corrected chi connectivity index (χ0v) is 23.2. The first-order valence-electron chi connectivity index (χ1n) is 14.3. The number of nitrogens with zero attached hydrogens (tertiary/aromatic N) is 3. The average Bonchev–Trinajstić information content (AvgIpc) is 3.09. The van der Waals surface area contributed by atoms with Crippen LogP contribution in [0.3, 0.4) is 0 Å². The maximum Gasteiger partial charge on any atom is 0.164 e. The molecule has 3 nitrogen and oxygen atoms in total. The molecule has 0 N–H and O–H groups in total. The van der Waals surface area contributed by atoms with Crippen LogP contribution in [0.5, 0.6) is 0 Å². The van der Waals surface area contributed by atoms with Crippen molar-refractivity contribution in [1.82, 2.24) is 15.0 Å². The van der Waals surface area contributed by atoms with Crippen molar-refractivity contribution in [3.63, 3.8) is 0 Å². The molecule has 3 heteroatoms. The Hall–Kier alpha value is -5.41. The Balaban J connectivity index is 1.36. The Morgan fingerprint density at radius 2 is 0.810 bits per heavy atom. The third-order valence-electron chi connectivity index (χ3n) is 7.60. The third-order valence-corrected chi connectivity index (χ3v) is 7.60. The van der Waals surface area contributed by atoms with Crippen LogP contribution in [0.2, 0.25) is 0 Å². The lowest BCUT2D eigenvalue weighted by Gasteiger charge is -2.15. The van der Waals surface area contributed by atoms with Crippen LogP contribution >= 0.6 is 0 Å². The first kappa shape index (κ1) is 25.6. The molecule has 200 valence electrons. The van der Waals surface area contributed by atoms with Gasteiger partial charge in [0.2, 0.25) is 0 Å². The molecular formula is C39H29N3. The molecule has 0 aliphatic heterocycles. The molecule has 42 heavy (non-hydrogen) atoms. The van der Waals surface area contributed by atoms with Crippen molar-refractivity contribution >= 4 is 11.1 Å². The fraction of sp³-hybridized carbons (Fsp3) is 0.0513. The summed E-state index contributed by atoms with van der Waals surface area (Å²) in [4.78, 5) is 15.2. The minimum Gasteiger partial charge on any atom is -0.208 e. The molecule has 1 aliphatic carbocycles.